The van der Waals surface area contributed by atoms with Gasteiger partial charge in [0.2, 0.25) is 0 Å². The molecule has 0 heterocycles. The topological polar surface area (TPSA) is 17.1 Å². The summed E-state index contributed by atoms with van der Waals surface area (Å²) in [6.07, 6.45) is 11.2. The Balaban J connectivity index is 3.51. The van der Waals surface area contributed by atoms with E-state index in [9.17, 15) is 4.79 Å². The van der Waals surface area contributed by atoms with Gasteiger partial charge in [0.25, 0.3) is 0 Å². The van der Waals surface area contributed by atoms with E-state index in [0.29, 0.717) is 5.78 Å². The molecule has 0 fully saturated rings. The SMILES string of the molecule is CCCCC[C@@H](C)[C@H](C)CCCCCC(=O)C(C)C. The maximum Gasteiger partial charge on any atom is 0.135 e. The first kappa shape index (κ1) is 18.7. The number of ketones is 1. The molecule has 0 aliphatic rings. The number of carbonyl (C=O) groups is 1. The predicted octanol–water partition coefficient (Wildman–Crippen LogP) is 6.01. The minimum Gasteiger partial charge on any atom is -0.299 e. The maximum absolute atomic E-state index is 11.5. The van der Waals surface area contributed by atoms with Crippen LogP contribution in [0.5, 0.6) is 0 Å². The highest BCUT2D eigenvalue weighted by atomic mass is 16.1. The van der Waals surface area contributed by atoms with Crippen molar-refractivity contribution >= 4 is 5.78 Å². The largest absolute Gasteiger partial charge is 0.299 e. The summed E-state index contributed by atoms with van der Waals surface area (Å²) in [6.45, 7) is 11.1. The zero-order chi connectivity index (χ0) is 14.7. The molecule has 1 heteroatoms. The first-order valence-corrected chi connectivity index (χ1v) is 8.51. The molecule has 0 aliphatic heterocycles. The molecule has 2 atom stereocenters. The van der Waals surface area contributed by atoms with Gasteiger partial charge in [0, 0.05) is 12.3 Å². The third kappa shape index (κ3) is 10.2. The summed E-state index contributed by atoms with van der Waals surface area (Å²) in [5.74, 6) is 2.36. The van der Waals surface area contributed by atoms with Gasteiger partial charge in [-0.2, -0.15) is 0 Å². The van der Waals surface area contributed by atoms with Gasteiger partial charge < -0.3 is 0 Å². The van der Waals surface area contributed by atoms with Gasteiger partial charge in [0.1, 0.15) is 5.78 Å². The van der Waals surface area contributed by atoms with Crippen LogP contribution in [0, 0.1) is 17.8 Å². The maximum atomic E-state index is 11.5. The summed E-state index contributed by atoms with van der Waals surface area (Å²) >= 11 is 0. The Hall–Kier alpha value is -0.330. The molecule has 0 saturated heterocycles. The molecule has 114 valence electrons. The van der Waals surface area contributed by atoms with Gasteiger partial charge in [-0.3, -0.25) is 4.79 Å². The van der Waals surface area contributed by atoms with Crippen molar-refractivity contribution in [2.75, 3.05) is 0 Å². The summed E-state index contributed by atoms with van der Waals surface area (Å²) < 4.78 is 0. The highest BCUT2D eigenvalue weighted by Crippen LogP contribution is 2.23. The third-order valence-corrected chi connectivity index (χ3v) is 4.46. The second-order valence-electron chi connectivity index (χ2n) is 6.67. The van der Waals surface area contributed by atoms with E-state index in [0.717, 1.165) is 24.7 Å². The first-order chi connectivity index (χ1) is 8.99. The van der Waals surface area contributed by atoms with Crippen molar-refractivity contribution in [3.8, 4) is 0 Å². The average molecular weight is 268 g/mol. The standard InChI is InChI=1S/C18H36O/c1-6-7-9-12-16(4)17(5)13-10-8-11-14-18(19)15(2)3/h15-17H,6-14H2,1-5H3/t16-,17-/m1/s1. The number of hydrogen-bond acceptors (Lipinski definition) is 1. The molecule has 0 N–H and O–H groups in total. The summed E-state index contributed by atoms with van der Waals surface area (Å²) in [7, 11) is 0. The Morgan fingerprint density at radius 2 is 1.32 bits per heavy atom. The molecule has 0 bridgehead atoms. The van der Waals surface area contributed by atoms with Crippen LogP contribution in [-0.4, -0.2) is 5.78 Å². The second-order valence-corrected chi connectivity index (χ2v) is 6.67. The van der Waals surface area contributed by atoms with Crippen molar-refractivity contribution in [1.82, 2.24) is 0 Å². The minimum atomic E-state index is 0.220. The summed E-state index contributed by atoms with van der Waals surface area (Å²) in [4.78, 5) is 11.5. The van der Waals surface area contributed by atoms with Crippen LogP contribution >= 0.6 is 0 Å². The lowest BCUT2D eigenvalue weighted by Gasteiger charge is -2.19. The molecule has 0 aromatic heterocycles. The lowest BCUT2D eigenvalue weighted by molar-refractivity contribution is -0.122. The molecular formula is C18H36O. The second kappa shape index (κ2) is 11.5. The molecule has 0 aromatic rings. The Morgan fingerprint density at radius 3 is 1.79 bits per heavy atom. The smallest absolute Gasteiger partial charge is 0.135 e. The Bertz CT molecular complexity index is 220. The molecule has 0 aromatic carbocycles. The van der Waals surface area contributed by atoms with Crippen molar-refractivity contribution < 1.29 is 4.79 Å². The van der Waals surface area contributed by atoms with Gasteiger partial charge in [-0.15, -0.1) is 0 Å². The Kier molecular flexibility index (Phi) is 11.3. The summed E-state index contributed by atoms with van der Waals surface area (Å²) in [5.41, 5.74) is 0. The molecule has 0 unspecified atom stereocenters. The van der Waals surface area contributed by atoms with Crippen LogP contribution in [0.4, 0.5) is 0 Å². The zero-order valence-corrected chi connectivity index (χ0v) is 14.0. The van der Waals surface area contributed by atoms with E-state index in [4.69, 9.17) is 0 Å². The molecule has 1 nitrogen and oxygen atoms in total. The number of hydrogen-bond donors (Lipinski definition) is 0. The quantitative estimate of drug-likeness (QED) is 0.396. The van der Waals surface area contributed by atoms with Crippen molar-refractivity contribution in [2.24, 2.45) is 17.8 Å². The van der Waals surface area contributed by atoms with Crippen molar-refractivity contribution in [3.05, 3.63) is 0 Å². The molecule has 0 amide bonds. The van der Waals surface area contributed by atoms with E-state index in [2.05, 4.69) is 20.8 Å². The number of rotatable bonds is 12. The van der Waals surface area contributed by atoms with E-state index in [1.54, 1.807) is 0 Å². The fourth-order valence-corrected chi connectivity index (χ4v) is 2.52. The molecule has 19 heavy (non-hydrogen) atoms. The van der Waals surface area contributed by atoms with Crippen LogP contribution in [0.1, 0.15) is 92.4 Å². The van der Waals surface area contributed by atoms with Gasteiger partial charge >= 0.3 is 0 Å². The van der Waals surface area contributed by atoms with Gasteiger partial charge in [-0.1, -0.05) is 79.6 Å². The van der Waals surface area contributed by atoms with Gasteiger partial charge in [-0.25, -0.2) is 0 Å². The van der Waals surface area contributed by atoms with E-state index in [1.807, 2.05) is 13.8 Å². The molecule has 0 spiro atoms. The van der Waals surface area contributed by atoms with Gasteiger partial charge in [0.05, 0.1) is 0 Å². The lowest BCUT2D eigenvalue weighted by Crippen LogP contribution is -2.08. The van der Waals surface area contributed by atoms with Crippen LogP contribution in [-0.2, 0) is 4.79 Å². The van der Waals surface area contributed by atoms with Crippen LogP contribution in [0.25, 0.3) is 0 Å². The van der Waals surface area contributed by atoms with E-state index >= 15 is 0 Å². The van der Waals surface area contributed by atoms with Crippen molar-refractivity contribution in [3.63, 3.8) is 0 Å². The van der Waals surface area contributed by atoms with Crippen molar-refractivity contribution in [1.29, 1.82) is 0 Å². The van der Waals surface area contributed by atoms with Crippen LogP contribution in [0.3, 0.4) is 0 Å². The normalized spacial score (nSPS) is 14.6. The van der Waals surface area contributed by atoms with Crippen LogP contribution < -0.4 is 0 Å². The minimum absolute atomic E-state index is 0.220. The average Bonchev–Trinajstić information content (AvgIpc) is 2.37. The number of carbonyl (C=O) groups excluding carboxylic acids is 1. The van der Waals surface area contributed by atoms with Crippen molar-refractivity contribution in [2.45, 2.75) is 92.4 Å². The molecule has 0 saturated carbocycles. The van der Waals surface area contributed by atoms with Gasteiger partial charge in [0.15, 0.2) is 0 Å². The summed E-state index contributed by atoms with van der Waals surface area (Å²) in [6, 6.07) is 0. The predicted molar refractivity (Wildman–Crippen MR) is 85.4 cm³/mol. The number of unbranched alkanes of at least 4 members (excludes halogenated alkanes) is 4. The zero-order valence-electron chi connectivity index (χ0n) is 14.0. The Morgan fingerprint density at radius 1 is 0.789 bits per heavy atom. The summed E-state index contributed by atoms with van der Waals surface area (Å²) in [5, 5.41) is 0. The van der Waals surface area contributed by atoms with E-state index in [-0.39, 0.29) is 5.92 Å². The monoisotopic (exact) mass is 268 g/mol. The van der Waals surface area contributed by atoms with Gasteiger partial charge in [-0.05, 0) is 18.3 Å². The molecule has 0 aliphatic carbocycles. The van der Waals surface area contributed by atoms with E-state index < -0.39 is 0 Å². The fraction of sp³-hybridized carbons (Fsp3) is 0.944. The number of Topliss-reactive ketones (excluding diaryl/α,β-unsaturated/α-hetero) is 1. The lowest BCUT2D eigenvalue weighted by atomic mass is 9.87. The third-order valence-electron chi connectivity index (χ3n) is 4.46. The molecular weight excluding hydrogens is 232 g/mol. The highest BCUT2D eigenvalue weighted by molar-refractivity contribution is 5.80. The molecule has 0 radical (unpaired) electrons. The highest BCUT2D eigenvalue weighted by Gasteiger charge is 2.12. The molecule has 0 rings (SSSR count). The first-order valence-electron chi connectivity index (χ1n) is 8.51. The van der Waals surface area contributed by atoms with Crippen LogP contribution in [0.15, 0.2) is 0 Å². The fourth-order valence-electron chi connectivity index (χ4n) is 2.52. The van der Waals surface area contributed by atoms with E-state index in [1.165, 1.54) is 44.9 Å². The Labute approximate surface area is 121 Å². The van der Waals surface area contributed by atoms with Crippen LogP contribution in [0.2, 0.25) is 0 Å².